The molecule has 4 heterocycles. The number of nitrogens with one attached hydrogen (secondary N) is 1. The third-order valence-electron chi connectivity index (χ3n) is 8.61. The second-order valence-electron chi connectivity index (χ2n) is 11.9. The van der Waals surface area contributed by atoms with E-state index in [1.807, 2.05) is 0 Å². The smallest absolute Gasteiger partial charge is 0.217 e. The van der Waals surface area contributed by atoms with Gasteiger partial charge in [-0.2, -0.15) is 0 Å². The van der Waals surface area contributed by atoms with E-state index in [1.54, 1.807) is 0 Å². The number of ether oxygens (including phenoxy) is 7. The zero-order chi connectivity index (χ0) is 35.6. The molecule has 0 aromatic carbocycles. The van der Waals surface area contributed by atoms with Crippen molar-refractivity contribution in [2.45, 2.75) is 130 Å². The van der Waals surface area contributed by atoms with Crippen molar-refractivity contribution in [3.8, 4) is 0 Å². The topological polar surface area (TPSA) is 357 Å². The fraction of sp³-hybridized carbons (Fsp3) is 0.962. The molecule has 1 amide bonds. The van der Waals surface area contributed by atoms with Crippen LogP contribution in [-0.2, 0) is 38.0 Å². The van der Waals surface area contributed by atoms with E-state index in [-0.39, 0.29) is 0 Å². The Morgan fingerprint density at radius 3 is 1.31 bits per heavy atom. The summed E-state index contributed by atoms with van der Waals surface area (Å²) >= 11 is 0. The standard InChI is InChI=1S/C26H45NO21/c1-6(32)27-11-20(15(36)10(5-31)42-23(11)41)46-25-22(18(39)14(35)8(3-29)44-25)48-26-21(17(38)13(34)9(4-30)45-26)47-24-19(40)16(37)12(33)7(2-28)43-24/h7-26,28-31,33-41H,2-5H2,1H3,(H,27,32)/t7-,8-,9-,10-,11-,12-,13-,14-,15+,16+,17+,18+,19+,20-,21+,22+,23+,24-,25+,26-/m1/s1. The fourth-order valence-electron chi connectivity index (χ4n) is 5.90. The van der Waals surface area contributed by atoms with E-state index < -0.39 is 155 Å². The molecule has 0 unspecified atom stereocenters. The molecule has 4 aliphatic heterocycles. The molecule has 0 aromatic rings. The second kappa shape index (κ2) is 16.8. The van der Waals surface area contributed by atoms with Gasteiger partial charge in [0, 0.05) is 6.92 Å². The van der Waals surface area contributed by atoms with Crippen molar-refractivity contribution in [1.29, 1.82) is 0 Å². The van der Waals surface area contributed by atoms with Crippen LogP contribution in [0.4, 0.5) is 0 Å². The molecule has 0 spiro atoms. The first-order chi connectivity index (χ1) is 22.7. The van der Waals surface area contributed by atoms with Crippen molar-refractivity contribution in [3.05, 3.63) is 0 Å². The molecule has 22 heteroatoms. The maximum atomic E-state index is 11.9. The molecule has 4 fully saturated rings. The van der Waals surface area contributed by atoms with Crippen LogP contribution in [0.1, 0.15) is 6.92 Å². The molecule has 20 atom stereocenters. The van der Waals surface area contributed by atoms with Crippen LogP contribution in [-0.4, -0.2) is 221 Å². The van der Waals surface area contributed by atoms with Crippen LogP contribution < -0.4 is 5.32 Å². The molecule has 14 N–H and O–H groups in total. The van der Waals surface area contributed by atoms with Gasteiger partial charge in [-0.3, -0.25) is 4.79 Å². The van der Waals surface area contributed by atoms with Crippen molar-refractivity contribution < 1.29 is 104 Å². The Morgan fingerprint density at radius 1 is 0.500 bits per heavy atom. The number of carbonyl (C=O) groups excluding carboxylic acids is 1. The molecule has 0 aromatic heterocycles. The van der Waals surface area contributed by atoms with Gasteiger partial charge in [0.1, 0.15) is 97.6 Å². The van der Waals surface area contributed by atoms with Crippen molar-refractivity contribution >= 4 is 5.91 Å². The summed E-state index contributed by atoms with van der Waals surface area (Å²) in [6.07, 6.45) is -34.6. The largest absolute Gasteiger partial charge is 0.394 e. The highest BCUT2D eigenvalue weighted by molar-refractivity contribution is 5.73. The van der Waals surface area contributed by atoms with Crippen LogP contribution in [0.25, 0.3) is 0 Å². The summed E-state index contributed by atoms with van der Waals surface area (Å²) < 4.78 is 39.0. The van der Waals surface area contributed by atoms with Crippen LogP contribution in [0.5, 0.6) is 0 Å². The SMILES string of the molecule is CC(=O)N[C@@H]1[C@@H](O[C@@H]2O[C@H](CO)[C@@H](O)[C@H](O)[C@@H]2O[C@H]2O[C@H](CO)[C@@H](O)[C@H](O)[C@@H]2O[C@H]2O[C@H](CO)[C@@H](O)[C@H](O)[C@@H]2O)[C@@H](O)[C@@H](CO)O[C@@H]1O. The Morgan fingerprint density at radius 2 is 0.875 bits per heavy atom. The zero-order valence-electron chi connectivity index (χ0n) is 25.5. The molecule has 4 rings (SSSR count). The Kier molecular flexibility index (Phi) is 13.8. The minimum Gasteiger partial charge on any atom is -0.394 e. The molecule has 0 radical (unpaired) electrons. The van der Waals surface area contributed by atoms with Crippen LogP contribution in [0, 0.1) is 0 Å². The van der Waals surface area contributed by atoms with Crippen LogP contribution >= 0.6 is 0 Å². The molecule has 22 nitrogen and oxygen atoms in total. The van der Waals surface area contributed by atoms with Crippen LogP contribution in [0.15, 0.2) is 0 Å². The normalized spacial score (nSPS) is 50.2. The van der Waals surface area contributed by atoms with Gasteiger partial charge in [-0.15, -0.1) is 0 Å². The number of carbonyl (C=O) groups is 1. The van der Waals surface area contributed by atoms with E-state index in [0.29, 0.717) is 0 Å². The molecule has 0 saturated carbocycles. The molecule has 0 aliphatic carbocycles. The molecular weight excluding hydrogens is 662 g/mol. The van der Waals surface area contributed by atoms with E-state index in [9.17, 15) is 71.2 Å². The summed E-state index contributed by atoms with van der Waals surface area (Å²) in [4.78, 5) is 11.9. The summed E-state index contributed by atoms with van der Waals surface area (Å²) in [7, 11) is 0. The van der Waals surface area contributed by atoms with Crippen molar-refractivity contribution in [3.63, 3.8) is 0 Å². The van der Waals surface area contributed by atoms with Gasteiger partial charge in [0.05, 0.1) is 26.4 Å². The summed E-state index contributed by atoms with van der Waals surface area (Å²) in [5.74, 6) is -0.710. The van der Waals surface area contributed by atoms with Gasteiger partial charge in [-0.1, -0.05) is 0 Å². The molecule has 0 bridgehead atoms. The van der Waals surface area contributed by atoms with E-state index in [2.05, 4.69) is 5.32 Å². The minimum atomic E-state index is -2.04. The summed E-state index contributed by atoms with van der Waals surface area (Å²) in [5.41, 5.74) is 0. The molecule has 4 saturated heterocycles. The van der Waals surface area contributed by atoms with Gasteiger partial charge in [0.25, 0.3) is 0 Å². The number of hydrogen-bond acceptors (Lipinski definition) is 21. The van der Waals surface area contributed by atoms with Crippen molar-refractivity contribution in [2.75, 3.05) is 26.4 Å². The monoisotopic (exact) mass is 707 g/mol. The van der Waals surface area contributed by atoms with Gasteiger partial charge < -0.3 is 105 Å². The summed E-state index contributed by atoms with van der Waals surface area (Å²) in [6.45, 7) is -2.39. The number of rotatable bonds is 11. The second-order valence-corrected chi connectivity index (χ2v) is 11.9. The lowest BCUT2D eigenvalue weighted by Gasteiger charge is -2.50. The molecule has 4 aliphatic rings. The first kappa shape index (κ1) is 39.5. The third kappa shape index (κ3) is 8.08. The predicted octanol–water partition coefficient (Wildman–Crippen LogP) is -9.61. The predicted molar refractivity (Wildman–Crippen MR) is 145 cm³/mol. The van der Waals surface area contributed by atoms with Gasteiger partial charge in [0.2, 0.25) is 5.91 Å². The zero-order valence-corrected chi connectivity index (χ0v) is 25.5. The number of aliphatic hydroxyl groups excluding tert-OH is 13. The Balaban J connectivity index is 1.66. The highest BCUT2D eigenvalue weighted by Gasteiger charge is 2.56. The van der Waals surface area contributed by atoms with E-state index in [4.69, 9.17) is 33.2 Å². The maximum absolute atomic E-state index is 11.9. The lowest BCUT2D eigenvalue weighted by molar-refractivity contribution is -0.400. The van der Waals surface area contributed by atoms with Gasteiger partial charge in [-0.05, 0) is 0 Å². The molecular formula is C26H45NO21. The lowest BCUT2D eigenvalue weighted by Crippen LogP contribution is -2.69. The summed E-state index contributed by atoms with van der Waals surface area (Å²) in [5, 5.41) is 137. The lowest BCUT2D eigenvalue weighted by atomic mass is 9.95. The molecule has 280 valence electrons. The Bertz CT molecular complexity index is 1030. The summed E-state index contributed by atoms with van der Waals surface area (Å²) in [6, 6.07) is -1.52. The Labute approximate surface area is 272 Å². The van der Waals surface area contributed by atoms with Gasteiger partial charge in [-0.25, -0.2) is 0 Å². The van der Waals surface area contributed by atoms with E-state index in [0.717, 1.165) is 6.92 Å². The quantitative estimate of drug-likeness (QED) is 0.0947. The Hall–Kier alpha value is -1.33. The fourth-order valence-corrected chi connectivity index (χ4v) is 5.90. The highest BCUT2D eigenvalue weighted by atomic mass is 16.8. The average molecular weight is 708 g/mol. The van der Waals surface area contributed by atoms with Crippen molar-refractivity contribution in [2.24, 2.45) is 0 Å². The average Bonchev–Trinajstić information content (AvgIpc) is 3.06. The van der Waals surface area contributed by atoms with Crippen LogP contribution in [0.2, 0.25) is 0 Å². The number of aliphatic hydroxyl groups is 13. The highest BCUT2D eigenvalue weighted by Crippen LogP contribution is 2.35. The van der Waals surface area contributed by atoms with Gasteiger partial charge >= 0.3 is 0 Å². The molecule has 48 heavy (non-hydrogen) atoms. The van der Waals surface area contributed by atoms with E-state index >= 15 is 0 Å². The van der Waals surface area contributed by atoms with Crippen LogP contribution in [0.3, 0.4) is 0 Å². The minimum absolute atomic E-state index is 0.710. The number of hydrogen-bond donors (Lipinski definition) is 14. The first-order valence-electron chi connectivity index (χ1n) is 15.1. The third-order valence-corrected chi connectivity index (χ3v) is 8.61. The maximum Gasteiger partial charge on any atom is 0.217 e. The first-order valence-corrected chi connectivity index (χ1v) is 15.1. The number of amides is 1. The van der Waals surface area contributed by atoms with E-state index in [1.165, 1.54) is 0 Å². The van der Waals surface area contributed by atoms with Crippen molar-refractivity contribution in [1.82, 2.24) is 5.32 Å². The van der Waals surface area contributed by atoms with Gasteiger partial charge in [0.15, 0.2) is 25.2 Å².